The molecule has 0 saturated heterocycles. The third kappa shape index (κ3) is 2.59. The zero-order chi connectivity index (χ0) is 14.5. The number of hydrogen-bond donors (Lipinski definition) is 0. The summed E-state index contributed by atoms with van der Waals surface area (Å²) >= 11 is 16.1. The second-order valence-electron chi connectivity index (χ2n) is 5.79. The van der Waals surface area contributed by atoms with E-state index in [4.69, 9.17) is 23.2 Å². The third-order valence-electron chi connectivity index (χ3n) is 3.80. The van der Waals surface area contributed by atoms with E-state index in [-0.39, 0.29) is 5.41 Å². The second kappa shape index (κ2) is 4.97. The molecule has 2 aromatic rings. The first-order valence-electron chi connectivity index (χ1n) is 6.37. The lowest BCUT2D eigenvalue weighted by atomic mass is 10.1. The molecule has 1 unspecified atom stereocenters. The summed E-state index contributed by atoms with van der Waals surface area (Å²) in [6.45, 7) is 4.40. The first-order valence-corrected chi connectivity index (χ1v) is 7.92. The fraction of sp³-hybridized carbons (Fsp3) is 0.333. The van der Waals surface area contributed by atoms with Gasteiger partial charge in [-0.05, 0) is 29.5 Å². The molecule has 0 bridgehead atoms. The normalized spacial score (nSPS) is 19.9. The Balaban J connectivity index is 2.03. The summed E-state index contributed by atoms with van der Waals surface area (Å²) in [5.41, 5.74) is 1.87. The molecule has 1 aliphatic carbocycles. The van der Waals surface area contributed by atoms with Crippen molar-refractivity contribution in [3.05, 3.63) is 44.9 Å². The Labute approximate surface area is 136 Å². The molecule has 1 heterocycles. The number of benzene rings is 1. The van der Waals surface area contributed by atoms with Gasteiger partial charge in [-0.2, -0.15) is 0 Å². The maximum absolute atomic E-state index is 6.33. The summed E-state index contributed by atoms with van der Waals surface area (Å²) in [4.78, 5) is 8.90. The molecule has 1 fully saturated rings. The van der Waals surface area contributed by atoms with Crippen LogP contribution in [0.4, 0.5) is 0 Å². The van der Waals surface area contributed by atoms with Crippen molar-refractivity contribution in [2.45, 2.75) is 26.2 Å². The van der Waals surface area contributed by atoms with Gasteiger partial charge in [0.05, 0.1) is 5.56 Å². The van der Waals surface area contributed by atoms with E-state index in [9.17, 15) is 0 Å². The Morgan fingerprint density at radius 1 is 1.10 bits per heavy atom. The molecule has 0 aliphatic heterocycles. The van der Waals surface area contributed by atoms with Crippen LogP contribution in [0.25, 0.3) is 11.1 Å². The van der Waals surface area contributed by atoms with E-state index in [0.717, 1.165) is 22.3 Å². The first kappa shape index (κ1) is 14.3. The summed E-state index contributed by atoms with van der Waals surface area (Å²) < 4.78 is 1.01. The van der Waals surface area contributed by atoms with E-state index in [0.29, 0.717) is 21.8 Å². The summed E-state index contributed by atoms with van der Waals surface area (Å²) in [6, 6.07) is 7.78. The molecule has 0 spiro atoms. The molecule has 104 valence electrons. The first-order chi connectivity index (χ1) is 9.38. The van der Waals surface area contributed by atoms with Crippen LogP contribution >= 0.6 is 39.1 Å². The largest absolute Gasteiger partial charge is 0.220 e. The Kier molecular flexibility index (Phi) is 3.56. The number of rotatable bonds is 2. The van der Waals surface area contributed by atoms with Gasteiger partial charge in [0, 0.05) is 10.4 Å². The van der Waals surface area contributed by atoms with Gasteiger partial charge in [0.15, 0.2) is 0 Å². The molecular weight excluding hydrogens is 359 g/mol. The zero-order valence-corrected chi connectivity index (χ0v) is 14.2. The minimum atomic E-state index is 0.256. The van der Waals surface area contributed by atoms with Crippen LogP contribution in [0, 0.1) is 5.41 Å². The number of hydrogen-bond acceptors (Lipinski definition) is 2. The van der Waals surface area contributed by atoms with Gasteiger partial charge in [0.2, 0.25) is 0 Å². The van der Waals surface area contributed by atoms with E-state index in [2.05, 4.69) is 39.7 Å². The maximum Gasteiger partial charge on any atom is 0.142 e. The van der Waals surface area contributed by atoms with Crippen LogP contribution < -0.4 is 0 Å². The van der Waals surface area contributed by atoms with E-state index in [1.165, 1.54) is 0 Å². The van der Waals surface area contributed by atoms with Crippen LogP contribution in [0.15, 0.2) is 28.7 Å². The topological polar surface area (TPSA) is 25.8 Å². The molecule has 1 saturated carbocycles. The van der Waals surface area contributed by atoms with Crippen molar-refractivity contribution in [1.29, 1.82) is 0 Å². The van der Waals surface area contributed by atoms with Gasteiger partial charge in [-0.25, -0.2) is 9.97 Å². The van der Waals surface area contributed by atoms with E-state index in [1.807, 2.05) is 24.3 Å². The highest BCUT2D eigenvalue weighted by atomic mass is 79.9. The Hall–Kier alpha value is -0.640. The molecular formula is C15H13BrCl2N2. The van der Waals surface area contributed by atoms with Crippen molar-refractivity contribution in [3.8, 4) is 11.1 Å². The zero-order valence-electron chi connectivity index (χ0n) is 11.1. The molecule has 0 N–H and O–H groups in total. The molecule has 1 atom stereocenters. The lowest BCUT2D eigenvalue weighted by Gasteiger charge is -2.09. The van der Waals surface area contributed by atoms with Crippen molar-refractivity contribution in [3.63, 3.8) is 0 Å². The molecule has 3 rings (SSSR count). The van der Waals surface area contributed by atoms with Crippen LogP contribution in [0.3, 0.4) is 0 Å². The predicted octanol–water partition coefficient (Wildman–Crippen LogP) is 5.73. The second-order valence-corrected chi connectivity index (χ2v) is 7.42. The van der Waals surface area contributed by atoms with Crippen LogP contribution in [0.5, 0.6) is 0 Å². The molecule has 1 aromatic heterocycles. The highest BCUT2D eigenvalue weighted by Crippen LogP contribution is 2.58. The molecule has 20 heavy (non-hydrogen) atoms. The quantitative estimate of drug-likeness (QED) is 0.630. The fourth-order valence-electron chi connectivity index (χ4n) is 2.34. The van der Waals surface area contributed by atoms with E-state index >= 15 is 0 Å². The average Bonchev–Trinajstić information content (AvgIpc) is 3.00. The van der Waals surface area contributed by atoms with Crippen LogP contribution in [0.2, 0.25) is 10.3 Å². The Morgan fingerprint density at radius 2 is 1.60 bits per heavy atom. The molecule has 0 radical (unpaired) electrons. The van der Waals surface area contributed by atoms with Gasteiger partial charge >= 0.3 is 0 Å². The SMILES string of the molecule is CC1(C)CC1c1nc(Cl)c(-c2ccc(Br)cc2)c(Cl)n1. The standard InChI is InChI=1S/C15H13BrCl2N2/c1-15(2)7-10(15)14-19-12(17)11(13(18)20-14)8-3-5-9(16)6-4-8/h3-6,10H,7H2,1-2H3. The van der Waals surface area contributed by atoms with Crippen molar-refractivity contribution < 1.29 is 0 Å². The molecule has 1 aliphatic rings. The predicted molar refractivity (Wildman–Crippen MR) is 86.3 cm³/mol. The van der Waals surface area contributed by atoms with Crippen molar-refractivity contribution in [2.24, 2.45) is 5.41 Å². The van der Waals surface area contributed by atoms with Crippen LogP contribution in [-0.2, 0) is 0 Å². The van der Waals surface area contributed by atoms with Crippen molar-refractivity contribution in [1.82, 2.24) is 9.97 Å². The van der Waals surface area contributed by atoms with Gasteiger partial charge in [-0.1, -0.05) is 65.1 Å². The molecule has 0 amide bonds. The summed E-state index contributed by atoms with van der Waals surface area (Å²) in [7, 11) is 0. The number of nitrogens with zero attached hydrogens (tertiary/aromatic N) is 2. The summed E-state index contributed by atoms with van der Waals surface area (Å²) in [6.07, 6.45) is 1.08. The Morgan fingerprint density at radius 3 is 2.05 bits per heavy atom. The highest BCUT2D eigenvalue weighted by molar-refractivity contribution is 9.10. The maximum atomic E-state index is 6.33. The highest BCUT2D eigenvalue weighted by Gasteiger charge is 2.48. The minimum absolute atomic E-state index is 0.256. The van der Waals surface area contributed by atoms with Crippen LogP contribution in [0.1, 0.15) is 32.0 Å². The monoisotopic (exact) mass is 370 g/mol. The smallest absolute Gasteiger partial charge is 0.142 e. The molecule has 5 heteroatoms. The fourth-order valence-corrected chi connectivity index (χ4v) is 3.22. The van der Waals surface area contributed by atoms with Crippen molar-refractivity contribution in [2.75, 3.05) is 0 Å². The van der Waals surface area contributed by atoms with Gasteiger partial charge in [-0.3, -0.25) is 0 Å². The lowest BCUT2D eigenvalue weighted by molar-refractivity contribution is 0.608. The number of aromatic nitrogens is 2. The number of halogens is 3. The molecule has 1 aromatic carbocycles. The van der Waals surface area contributed by atoms with Gasteiger partial charge in [0.25, 0.3) is 0 Å². The third-order valence-corrected chi connectivity index (χ3v) is 4.87. The van der Waals surface area contributed by atoms with Crippen molar-refractivity contribution >= 4 is 39.1 Å². The summed E-state index contributed by atoms with van der Waals surface area (Å²) in [5.74, 6) is 1.11. The average molecular weight is 372 g/mol. The van der Waals surface area contributed by atoms with Crippen LogP contribution in [-0.4, -0.2) is 9.97 Å². The molecule has 2 nitrogen and oxygen atoms in total. The minimum Gasteiger partial charge on any atom is -0.220 e. The van der Waals surface area contributed by atoms with Gasteiger partial charge in [0.1, 0.15) is 16.1 Å². The summed E-state index contributed by atoms with van der Waals surface area (Å²) in [5, 5.41) is 0.843. The lowest BCUT2D eigenvalue weighted by Crippen LogP contribution is -2.00. The van der Waals surface area contributed by atoms with Gasteiger partial charge in [-0.15, -0.1) is 0 Å². The van der Waals surface area contributed by atoms with Gasteiger partial charge < -0.3 is 0 Å². The Bertz CT molecular complexity index is 645. The van der Waals surface area contributed by atoms with E-state index < -0.39 is 0 Å². The van der Waals surface area contributed by atoms with E-state index in [1.54, 1.807) is 0 Å².